The van der Waals surface area contributed by atoms with Gasteiger partial charge in [-0.3, -0.25) is 9.79 Å². The van der Waals surface area contributed by atoms with Crippen molar-refractivity contribution in [2.24, 2.45) is 10.4 Å². The van der Waals surface area contributed by atoms with Crippen molar-refractivity contribution < 1.29 is 4.79 Å². The normalized spacial score (nSPS) is 20.2. The van der Waals surface area contributed by atoms with Crippen molar-refractivity contribution in [1.29, 1.82) is 0 Å². The van der Waals surface area contributed by atoms with Gasteiger partial charge in [-0.25, -0.2) is 0 Å². The number of hydrogen-bond acceptors (Lipinski definition) is 2. The number of halogens is 1. The molecule has 0 aromatic heterocycles. The van der Waals surface area contributed by atoms with Crippen LogP contribution in [0, 0.1) is 5.41 Å². The van der Waals surface area contributed by atoms with E-state index in [0.717, 1.165) is 51.0 Å². The SMILES string of the molecule is CCNC(=NCC1(C(=O)N(C)C)CCCC1)NC1CC=CC1.I. The second-order valence-electron chi connectivity index (χ2n) is 6.67. The third-order valence-corrected chi connectivity index (χ3v) is 4.65. The van der Waals surface area contributed by atoms with E-state index in [4.69, 9.17) is 4.99 Å². The molecule has 0 saturated heterocycles. The fraction of sp³-hybridized carbons (Fsp3) is 0.765. The Kier molecular flexibility index (Phi) is 8.36. The Bertz CT molecular complexity index is 434. The highest BCUT2D eigenvalue weighted by Crippen LogP contribution is 2.39. The summed E-state index contributed by atoms with van der Waals surface area (Å²) < 4.78 is 0. The first-order chi connectivity index (χ1) is 10.6. The second kappa shape index (κ2) is 9.49. The third kappa shape index (κ3) is 5.36. The van der Waals surface area contributed by atoms with Gasteiger partial charge in [-0.05, 0) is 32.6 Å². The maximum absolute atomic E-state index is 12.6. The molecule has 2 aliphatic rings. The van der Waals surface area contributed by atoms with E-state index in [1.165, 1.54) is 0 Å². The average Bonchev–Trinajstić information content (AvgIpc) is 3.16. The Morgan fingerprint density at radius 3 is 2.39 bits per heavy atom. The summed E-state index contributed by atoms with van der Waals surface area (Å²) in [7, 11) is 3.69. The molecule has 0 bridgehead atoms. The van der Waals surface area contributed by atoms with Crippen LogP contribution in [0.4, 0.5) is 0 Å². The van der Waals surface area contributed by atoms with E-state index < -0.39 is 0 Å². The lowest BCUT2D eigenvalue weighted by Gasteiger charge is -2.29. The quantitative estimate of drug-likeness (QED) is 0.303. The van der Waals surface area contributed by atoms with Crippen molar-refractivity contribution in [3.63, 3.8) is 0 Å². The van der Waals surface area contributed by atoms with Gasteiger partial charge < -0.3 is 15.5 Å². The van der Waals surface area contributed by atoms with E-state index in [9.17, 15) is 4.79 Å². The number of nitrogens with zero attached hydrogens (tertiary/aromatic N) is 2. The van der Waals surface area contributed by atoms with Crippen LogP contribution < -0.4 is 10.6 Å². The lowest BCUT2D eigenvalue weighted by molar-refractivity contribution is -0.138. The minimum Gasteiger partial charge on any atom is -0.357 e. The Balaban J connectivity index is 0.00000264. The van der Waals surface area contributed by atoms with Crippen LogP contribution in [0.25, 0.3) is 0 Å². The standard InChI is InChI=1S/C17H30N4O.HI/c1-4-18-16(20-14-9-5-6-10-14)19-13-17(11-7-8-12-17)15(22)21(2)3;/h5-6,14H,4,7-13H2,1-3H3,(H2,18,19,20);1H. The molecule has 0 radical (unpaired) electrons. The first kappa shape index (κ1) is 20.3. The van der Waals surface area contributed by atoms with E-state index in [1.807, 2.05) is 14.1 Å². The van der Waals surface area contributed by atoms with Crippen LogP contribution in [0.5, 0.6) is 0 Å². The number of rotatable bonds is 5. The minimum absolute atomic E-state index is 0. The van der Waals surface area contributed by atoms with Crippen LogP contribution in [-0.4, -0.2) is 50.0 Å². The number of guanidine groups is 1. The lowest BCUT2D eigenvalue weighted by Crippen LogP contribution is -2.45. The molecule has 1 saturated carbocycles. The lowest BCUT2D eigenvalue weighted by atomic mass is 9.85. The molecule has 0 aromatic carbocycles. The highest BCUT2D eigenvalue weighted by Gasteiger charge is 2.42. The molecule has 0 heterocycles. The molecule has 132 valence electrons. The van der Waals surface area contributed by atoms with Crippen LogP contribution in [0.15, 0.2) is 17.1 Å². The largest absolute Gasteiger partial charge is 0.357 e. The summed E-state index contributed by atoms with van der Waals surface area (Å²) >= 11 is 0. The predicted octanol–water partition coefficient (Wildman–Crippen LogP) is 2.53. The average molecular weight is 434 g/mol. The van der Waals surface area contributed by atoms with Crippen LogP contribution in [-0.2, 0) is 4.79 Å². The number of hydrogen-bond donors (Lipinski definition) is 2. The number of carbonyl (C=O) groups excluding carboxylic acids is 1. The summed E-state index contributed by atoms with van der Waals surface area (Å²) in [6.45, 7) is 3.49. The molecular formula is C17H31IN4O. The number of aliphatic imine (C=N–C) groups is 1. The molecule has 2 N–H and O–H groups in total. The van der Waals surface area contributed by atoms with Gasteiger partial charge in [0.05, 0.1) is 12.0 Å². The van der Waals surface area contributed by atoms with E-state index >= 15 is 0 Å². The van der Waals surface area contributed by atoms with Crippen LogP contribution >= 0.6 is 24.0 Å². The zero-order valence-corrected chi connectivity index (χ0v) is 16.9. The summed E-state index contributed by atoms with van der Waals surface area (Å²) in [5.41, 5.74) is -0.292. The zero-order chi connectivity index (χ0) is 16.0. The molecule has 23 heavy (non-hydrogen) atoms. The maximum atomic E-state index is 12.6. The van der Waals surface area contributed by atoms with Gasteiger partial charge in [0.15, 0.2) is 5.96 Å². The molecular weight excluding hydrogens is 403 g/mol. The van der Waals surface area contributed by atoms with E-state index in [1.54, 1.807) is 4.90 Å². The van der Waals surface area contributed by atoms with E-state index in [0.29, 0.717) is 12.6 Å². The third-order valence-electron chi connectivity index (χ3n) is 4.65. The van der Waals surface area contributed by atoms with Gasteiger partial charge in [0.1, 0.15) is 0 Å². The van der Waals surface area contributed by atoms with Crippen molar-refractivity contribution in [3.05, 3.63) is 12.2 Å². The summed E-state index contributed by atoms with van der Waals surface area (Å²) in [6.07, 6.45) is 10.7. The molecule has 2 rings (SSSR count). The Labute approximate surface area is 157 Å². The van der Waals surface area contributed by atoms with Crippen LogP contribution in [0.3, 0.4) is 0 Å². The molecule has 0 unspecified atom stereocenters. The molecule has 1 amide bonds. The molecule has 0 aromatic rings. The first-order valence-corrected chi connectivity index (χ1v) is 8.49. The Hall–Kier alpha value is -0.790. The van der Waals surface area contributed by atoms with Gasteiger partial charge in [0, 0.05) is 26.7 Å². The van der Waals surface area contributed by atoms with Gasteiger partial charge >= 0.3 is 0 Å². The number of carbonyl (C=O) groups is 1. The highest BCUT2D eigenvalue weighted by atomic mass is 127. The van der Waals surface area contributed by atoms with Crippen LogP contribution in [0.2, 0.25) is 0 Å². The fourth-order valence-corrected chi connectivity index (χ4v) is 3.44. The predicted molar refractivity (Wildman–Crippen MR) is 106 cm³/mol. The minimum atomic E-state index is -0.292. The molecule has 2 aliphatic carbocycles. The summed E-state index contributed by atoms with van der Waals surface area (Å²) in [6, 6.07) is 0.432. The fourth-order valence-electron chi connectivity index (χ4n) is 3.44. The van der Waals surface area contributed by atoms with Gasteiger partial charge in [0.25, 0.3) is 0 Å². The summed E-state index contributed by atoms with van der Waals surface area (Å²) in [5, 5.41) is 6.78. The maximum Gasteiger partial charge on any atom is 0.230 e. The van der Waals surface area contributed by atoms with Crippen molar-refractivity contribution in [2.45, 2.75) is 51.5 Å². The zero-order valence-electron chi connectivity index (χ0n) is 14.6. The molecule has 0 atom stereocenters. The molecule has 6 heteroatoms. The smallest absolute Gasteiger partial charge is 0.230 e. The van der Waals surface area contributed by atoms with Crippen molar-refractivity contribution >= 4 is 35.8 Å². The summed E-state index contributed by atoms with van der Waals surface area (Å²) in [4.78, 5) is 19.1. The van der Waals surface area contributed by atoms with E-state index in [2.05, 4.69) is 29.7 Å². The van der Waals surface area contributed by atoms with Crippen LogP contribution in [0.1, 0.15) is 45.4 Å². The van der Waals surface area contributed by atoms with Gasteiger partial charge in [0.2, 0.25) is 5.91 Å². The van der Waals surface area contributed by atoms with E-state index in [-0.39, 0.29) is 35.3 Å². The van der Waals surface area contributed by atoms with Crippen molar-refractivity contribution in [3.8, 4) is 0 Å². The molecule has 0 aliphatic heterocycles. The molecule has 5 nitrogen and oxygen atoms in total. The van der Waals surface area contributed by atoms with Gasteiger partial charge in [-0.15, -0.1) is 24.0 Å². The summed E-state index contributed by atoms with van der Waals surface area (Å²) in [5.74, 6) is 1.07. The Morgan fingerprint density at radius 1 is 1.26 bits per heavy atom. The number of nitrogens with one attached hydrogen (secondary N) is 2. The molecule has 0 spiro atoms. The topological polar surface area (TPSA) is 56.7 Å². The monoisotopic (exact) mass is 434 g/mol. The highest BCUT2D eigenvalue weighted by molar-refractivity contribution is 14.0. The van der Waals surface area contributed by atoms with Crippen molar-refractivity contribution in [1.82, 2.24) is 15.5 Å². The molecule has 1 fully saturated rings. The van der Waals surface area contributed by atoms with Gasteiger partial charge in [-0.2, -0.15) is 0 Å². The Morgan fingerprint density at radius 2 is 1.87 bits per heavy atom. The first-order valence-electron chi connectivity index (χ1n) is 8.49. The second-order valence-corrected chi connectivity index (χ2v) is 6.67. The van der Waals surface area contributed by atoms with Crippen molar-refractivity contribution in [2.75, 3.05) is 27.2 Å². The number of amides is 1. The van der Waals surface area contributed by atoms with Gasteiger partial charge in [-0.1, -0.05) is 25.0 Å².